The molecule has 0 aliphatic carbocycles. The van der Waals surface area contributed by atoms with Crippen LogP contribution in [0.3, 0.4) is 0 Å². The van der Waals surface area contributed by atoms with E-state index in [1.54, 1.807) is 35.2 Å². The van der Waals surface area contributed by atoms with Gasteiger partial charge in [0.05, 0.1) is 0 Å². The minimum absolute atomic E-state index is 0.187. The predicted molar refractivity (Wildman–Crippen MR) is 104 cm³/mol. The lowest BCUT2D eigenvalue weighted by molar-refractivity contribution is -0.121. The van der Waals surface area contributed by atoms with Crippen LogP contribution in [-0.4, -0.2) is 34.5 Å². The van der Waals surface area contributed by atoms with Gasteiger partial charge < -0.3 is 14.7 Å². The van der Waals surface area contributed by atoms with Crippen LogP contribution in [-0.2, 0) is 10.2 Å². The van der Waals surface area contributed by atoms with Gasteiger partial charge in [0.1, 0.15) is 11.8 Å². The van der Waals surface area contributed by atoms with E-state index in [0.717, 1.165) is 12.8 Å². The standard InChI is InChI=1S/C20H24ClN3O3/c1-20(2,3)16-12-17(23-27-16)22-18(25)15-9-4-5-10-24(15)19(26)13-7-6-8-14(21)11-13/h6-8,11-12,15H,4-5,9-10H2,1-3H3,(H,22,23,25). The van der Waals surface area contributed by atoms with E-state index in [0.29, 0.717) is 35.1 Å². The second-order valence-electron chi connectivity index (χ2n) is 7.84. The largest absolute Gasteiger partial charge is 0.359 e. The van der Waals surface area contributed by atoms with Crippen molar-refractivity contribution < 1.29 is 14.1 Å². The van der Waals surface area contributed by atoms with Gasteiger partial charge in [-0.2, -0.15) is 0 Å². The molecule has 144 valence electrons. The van der Waals surface area contributed by atoms with Gasteiger partial charge in [0.2, 0.25) is 5.91 Å². The molecule has 3 rings (SSSR count). The highest BCUT2D eigenvalue weighted by Gasteiger charge is 2.33. The summed E-state index contributed by atoms with van der Waals surface area (Å²) in [6, 6.07) is 7.98. The molecule has 0 radical (unpaired) electrons. The van der Waals surface area contributed by atoms with E-state index in [1.807, 2.05) is 20.8 Å². The average Bonchev–Trinajstić information content (AvgIpc) is 3.10. The molecular formula is C20H24ClN3O3. The summed E-state index contributed by atoms with van der Waals surface area (Å²) in [5.74, 6) is 0.616. The number of benzene rings is 1. The van der Waals surface area contributed by atoms with E-state index in [1.165, 1.54) is 0 Å². The van der Waals surface area contributed by atoms with Gasteiger partial charge in [-0.3, -0.25) is 9.59 Å². The Morgan fingerprint density at radius 2 is 2.04 bits per heavy atom. The molecule has 0 saturated carbocycles. The number of amides is 2. The molecular weight excluding hydrogens is 366 g/mol. The van der Waals surface area contributed by atoms with Crippen LogP contribution in [0, 0.1) is 0 Å². The summed E-state index contributed by atoms with van der Waals surface area (Å²) in [4.78, 5) is 27.4. The molecule has 2 aromatic rings. The molecule has 7 heteroatoms. The van der Waals surface area contributed by atoms with Gasteiger partial charge in [-0.15, -0.1) is 0 Å². The number of hydrogen-bond acceptors (Lipinski definition) is 4. The van der Waals surface area contributed by atoms with Gasteiger partial charge in [0.15, 0.2) is 5.82 Å². The van der Waals surface area contributed by atoms with Crippen molar-refractivity contribution in [1.29, 1.82) is 0 Å². The van der Waals surface area contributed by atoms with Crippen molar-refractivity contribution >= 4 is 29.2 Å². The zero-order valence-electron chi connectivity index (χ0n) is 15.8. The third-order valence-corrected chi connectivity index (χ3v) is 4.87. The smallest absolute Gasteiger partial charge is 0.254 e. The molecule has 1 aliphatic heterocycles. The van der Waals surface area contributed by atoms with Gasteiger partial charge in [-0.1, -0.05) is 43.6 Å². The van der Waals surface area contributed by atoms with Crippen LogP contribution in [0.2, 0.25) is 5.02 Å². The second-order valence-corrected chi connectivity index (χ2v) is 8.27. The summed E-state index contributed by atoms with van der Waals surface area (Å²) >= 11 is 6.00. The van der Waals surface area contributed by atoms with Crippen molar-refractivity contribution in [2.24, 2.45) is 0 Å². The van der Waals surface area contributed by atoms with E-state index >= 15 is 0 Å². The Morgan fingerprint density at radius 1 is 1.26 bits per heavy atom. The van der Waals surface area contributed by atoms with Gasteiger partial charge in [0.25, 0.3) is 5.91 Å². The molecule has 0 spiro atoms. The first-order valence-electron chi connectivity index (χ1n) is 9.10. The Kier molecular flexibility index (Phi) is 5.56. The third-order valence-electron chi connectivity index (χ3n) is 4.64. The molecule has 1 aromatic heterocycles. The van der Waals surface area contributed by atoms with Gasteiger partial charge in [-0.25, -0.2) is 0 Å². The second kappa shape index (κ2) is 7.72. The van der Waals surface area contributed by atoms with Crippen LogP contribution in [0.15, 0.2) is 34.9 Å². The summed E-state index contributed by atoms with van der Waals surface area (Å²) in [6.07, 6.45) is 2.37. The maximum absolute atomic E-state index is 12.9. The molecule has 2 amide bonds. The molecule has 1 aromatic carbocycles. The number of anilines is 1. The van der Waals surface area contributed by atoms with Crippen molar-refractivity contribution in [2.45, 2.75) is 51.5 Å². The van der Waals surface area contributed by atoms with E-state index in [4.69, 9.17) is 16.1 Å². The zero-order chi connectivity index (χ0) is 19.6. The first-order valence-corrected chi connectivity index (χ1v) is 9.48. The van der Waals surface area contributed by atoms with E-state index in [-0.39, 0.29) is 17.2 Å². The van der Waals surface area contributed by atoms with Crippen LogP contribution in [0.4, 0.5) is 5.82 Å². The number of carbonyl (C=O) groups excluding carboxylic acids is 2. The van der Waals surface area contributed by atoms with Crippen LogP contribution in [0.5, 0.6) is 0 Å². The first kappa shape index (κ1) is 19.4. The molecule has 1 N–H and O–H groups in total. The number of halogens is 1. The normalized spacial score (nSPS) is 17.6. The predicted octanol–water partition coefficient (Wildman–Crippen LogP) is 4.26. The van der Waals surface area contributed by atoms with Crippen LogP contribution >= 0.6 is 11.6 Å². The number of nitrogens with one attached hydrogen (secondary N) is 1. The number of hydrogen-bond donors (Lipinski definition) is 1. The summed E-state index contributed by atoms with van der Waals surface area (Å²) in [7, 11) is 0. The maximum atomic E-state index is 12.9. The average molecular weight is 390 g/mol. The quantitative estimate of drug-likeness (QED) is 0.850. The van der Waals surface area contributed by atoms with Crippen molar-refractivity contribution in [3.63, 3.8) is 0 Å². The fourth-order valence-corrected chi connectivity index (χ4v) is 3.32. The van der Waals surface area contributed by atoms with Gasteiger partial charge in [0, 0.05) is 28.6 Å². The summed E-state index contributed by atoms with van der Waals surface area (Å²) in [5, 5.41) is 7.21. The Hall–Kier alpha value is -2.34. The summed E-state index contributed by atoms with van der Waals surface area (Å²) in [5.41, 5.74) is 0.286. The number of rotatable bonds is 3. The van der Waals surface area contributed by atoms with E-state index < -0.39 is 6.04 Å². The maximum Gasteiger partial charge on any atom is 0.254 e. The minimum atomic E-state index is -0.542. The molecule has 2 heterocycles. The van der Waals surface area contributed by atoms with Crippen LogP contribution in [0.1, 0.15) is 56.2 Å². The monoisotopic (exact) mass is 389 g/mol. The molecule has 1 aliphatic rings. The lowest BCUT2D eigenvalue weighted by Crippen LogP contribution is -2.50. The van der Waals surface area contributed by atoms with Crippen molar-refractivity contribution in [2.75, 3.05) is 11.9 Å². The van der Waals surface area contributed by atoms with Gasteiger partial charge in [-0.05, 0) is 37.5 Å². The number of likely N-dealkylation sites (tertiary alicyclic amines) is 1. The molecule has 0 bridgehead atoms. The molecule has 1 atom stereocenters. The number of nitrogens with zero attached hydrogens (tertiary/aromatic N) is 2. The Labute approximate surface area is 163 Å². The van der Waals surface area contributed by atoms with Crippen LogP contribution < -0.4 is 5.32 Å². The molecule has 1 fully saturated rings. The van der Waals surface area contributed by atoms with E-state index in [2.05, 4.69) is 10.5 Å². The summed E-state index contributed by atoms with van der Waals surface area (Å²) in [6.45, 7) is 6.55. The fraction of sp³-hybridized carbons (Fsp3) is 0.450. The molecule has 27 heavy (non-hydrogen) atoms. The highest BCUT2D eigenvalue weighted by Crippen LogP contribution is 2.26. The lowest BCUT2D eigenvalue weighted by atomic mass is 9.93. The highest BCUT2D eigenvalue weighted by molar-refractivity contribution is 6.31. The van der Waals surface area contributed by atoms with Crippen molar-refractivity contribution in [3.05, 3.63) is 46.7 Å². The van der Waals surface area contributed by atoms with E-state index in [9.17, 15) is 9.59 Å². The molecule has 6 nitrogen and oxygen atoms in total. The number of aromatic nitrogens is 1. The van der Waals surface area contributed by atoms with Crippen molar-refractivity contribution in [3.8, 4) is 0 Å². The lowest BCUT2D eigenvalue weighted by Gasteiger charge is -2.34. The zero-order valence-corrected chi connectivity index (χ0v) is 16.5. The molecule has 1 unspecified atom stereocenters. The summed E-state index contributed by atoms with van der Waals surface area (Å²) < 4.78 is 5.31. The van der Waals surface area contributed by atoms with Gasteiger partial charge >= 0.3 is 0 Å². The third kappa shape index (κ3) is 4.50. The number of piperidine rings is 1. The minimum Gasteiger partial charge on any atom is -0.359 e. The van der Waals surface area contributed by atoms with Crippen LogP contribution in [0.25, 0.3) is 0 Å². The van der Waals surface area contributed by atoms with Crippen molar-refractivity contribution in [1.82, 2.24) is 10.1 Å². The first-order chi connectivity index (χ1) is 12.8. The fourth-order valence-electron chi connectivity index (χ4n) is 3.13. The Bertz CT molecular complexity index is 841. The Balaban J connectivity index is 1.75. The highest BCUT2D eigenvalue weighted by atomic mass is 35.5. The SMILES string of the molecule is CC(C)(C)c1cc(NC(=O)C2CCCCN2C(=O)c2cccc(Cl)c2)no1. The number of carbonyl (C=O) groups is 2. The topological polar surface area (TPSA) is 75.4 Å². The Morgan fingerprint density at radius 3 is 2.70 bits per heavy atom. The molecule has 1 saturated heterocycles.